The predicted octanol–water partition coefficient (Wildman–Crippen LogP) is 4.23. The van der Waals surface area contributed by atoms with Gasteiger partial charge in [0.2, 0.25) is 5.78 Å². The first-order chi connectivity index (χ1) is 7.97. The molecule has 0 atom stereocenters. The maximum absolute atomic E-state index is 12.2. The van der Waals surface area contributed by atoms with E-state index >= 15 is 0 Å². The third kappa shape index (κ3) is 1.74. The lowest BCUT2D eigenvalue weighted by Crippen LogP contribution is -1.97. The second-order valence-corrected chi connectivity index (χ2v) is 5.79. The van der Waals surface area contributed by atoms with Crippen molar-refractivity contribution in [2.75, 3.05) is 0 Å². The van der Waals surface area contributed by atoms with Crippen molar-refractivity contribution < 1.29 is 4.79 Å². The molecule has 0 amide bonds. The van der Waals surface area contributed by atoms with Crippen LogP contribution >= 0.6 is 22.9 Å². The van der Waals surface area contributed by atoms with Crippen molar-refractivity contribution in [2.24, 2.45) is 0 Å². The van der Waals surface area contributed by atoms with Gasteiger partial charge in [-0.05, 0) is 26.8 Å². The van der Waals surface area contributed by atoms with Gasteiger partial charge in [-0.3, -0.25) is 4.79 Å². The second kappa shape index (κ2) is 4.14. The molecule has 0 unspecified atom stereocenters. The van der Waals surface area contributed by atoms with Crippen LogP contribution in [0.25, 0.3) is 5.57 Å². The van der Waals surface area contributed by atoms with E-state index < -0.39 is 0 Å². The van der Waals surface area contributed by atoms with Gasteiger partial charge in [0.15, 0.2) is 0 Å². The van der Waals surface area contributed by atoms with Crippen LogP contribution in [0.3, 0.4) is 0 Å². The van der Waals surface area contributed by atoms with Crippen LogP contribution < -0.4 is 0 Å². The number of carbonyl (C=O) groups excluding carboxylic acids is 1. The van der Waals surface area contributed by atoms with Crippen molar-refractivity contribution in [3.63, 3.8) is 0 Å². The highest BCUT2D eigenvalue weighted by Crippen LogP contribution is 2.45. The SMILES string of the molecule is CC(C)=C1C(=O)c2sc(Cl)cc2/C1=C(/C)C#N. The van der Waals surface area contributed by atoms with Crippen LogP contribution in [0, 0.1) is 11.3 Å². The smallest absolute Gasteiger partial charge is 0.204 e. The van der Waals surface area contributed by atoms with E-state index in [1.807, 2.05) is 13.8 Å². The molecule has 1 aliphatic carbocycles. The highest BCUT2D eigenvalue weighted by molar-refractivity contribution is 7.18. The molecule has 0 aliphatic heterocycles. The van der Waals surface area contributed by atoms with Gasteiger partial charge in [-0.25, -0.2) is 0 Å². The zero-order chi connectivity index (χ0) is 12.7. The van der Waals surface area contributed by atoms with E-state index in [2.05, 4.69) is 6.07 Å². The van der Waals surface area contributed by atoms with E-state index in [0.29, 0.717) is 20.4 Å². The highest BCUT2D eigenvalue weighted by atomic mass is 35.5. The summed E-state index contributed by atoms with van der Waals surface area (Å²) in [5.41, 5.74) is 3.69. The Morgan fingerprint density at radius 2 is 2.00 bits per heavy atom. The lowest BCUT2D eigenvalue weighted by molar-refractivity contribution is 0.104. The molecule has 1 aromatic rings. The van der Waals surface area contributed by atoms with Crippen LogP contribution in [0.1, 0.15) is 36.0 Å². The molecular formula is C13H10ClNOS. The molecule has 0 bridgehead atoms. The summed E-state index contributed by atoms with van der Waals surface area (Å²) in [6.45, 7) is 5.50. The van der Waals surface area contributed by atoms with E-state index in [-0.39, 0.29) is 5.78 Å². The van der Waals surface area contributed by atoms with Gasteiger partial charge in [0.05, 0.1) is 15.3 Å². The van der Waals surface area contributed by atoms with Gasteiger partial charge in [0.25, 0.3) is 0 Å². The second-order valence-electron chi connectivity index (χ2n) is 4.11. The third-order valence-corrected chi connectivity index (χ3v) is 3.96. The van der Waals surface area contributed by atoms with Crippen molar-refractivity contribution in [1.82, 2.24) is 0 Å². The molecule has 86 valence electrons. The highest BCUT2D eigenvalue weighted by Gasteiger charge is 2.34. The molecule has 2 nitrogen and oxygen atoms in total. The molecule has 4 heteroatoms. The zero-order valence-corrected chi connectivity index (χ0v) is 11.3. The minimum atomic E-state index is -0.0125. The van der Waals surface area contributed by atoms with Crippen molar-refractivity contribution in [1.29, 1.82) is 5.26 Å². The van der Waals surface area contributed by atoms with E-state index in [9.17, 15) is 4.79 Å². The van der Waals surface area contributed by atoms with Crippen molar-refractivity contribution in [2.45, 2.75) is 20.8 Å². The first-order valence-electron chi connectivity index (χ1n) is 5.10. The Morgan fingerprint density at radius 1 is 1.35 bits per heavy atom. The zero-order valence-electron chi connectivity index (χ0n) is 9.72. The summed E-state index contributed by atoms with van der Waals surface area (Å²) < 4.78 is 0.583. The number of hydrogen-bond acceptors (Lipinski definition) is 3. The van der Waals surface area contributed by atoms with E-state index in [4.69, 9.17) is 16.9 Å². The molecule has 0 aromatic carbocycles. The van der Waals surface area contributed by atoms with Crippen molar-refractivity contribution in [3.8, 4) is 6.07 Å². The van der Waals surface area contributed by atoms with Gasteiger partial charge < -0.3 is 0 Å². The minimum absolute atomic E-state index is 0.0125. The Hall–Kier alpha value is -1.37. The Labute approximate surface area is 109 Å². The van der Waals surface area contributed by atoms with Crippen LogP contribution in [0.4, 0.5) is 0 Å². The number of Topliss-reactive ketones (excluding diaryl/α,β-unsaturated/α-hetero) is 1. The Balaban J connectivity index is 2.84. The summed E-state index contributed by atoms with van der Waals surface area (Å²) in [5, 5.41) is 9.04. The normalized spacial score (nSPS) is 16.9. The number of thiophene rings is 1. The summed E-state index contributed by atoms with van der Waals surface area (Å²) >= 11 is 7.20. The maximum atomic E-state index is 12.2. The average Bonchev–Trinajstić information content (AvgIpc) is 2.75. The fourth-order valence-corrected chi connectivity index (χ4v) is 3.18. The molecule has 1 aliphatic rings. The molecule has 1 heterocycles. The molecule has 0 radical (unpaired) electrons. The Kier molecular flexibility index (Phi) is 2.94. The van der Waals surface area contributed by atoms with Gasteiger partial charge in [0.1, 0.15) is 0 Å². The fourth-order valence-electron chi connectivity index (χ4n) is 2.00. The van der Waals surface area contributed by atoms with Crippen molar-refractivity contribution in [3.05, 3.63) is 37.6 Å². The first kappa shape index (κ1) is 12.1. The van der Waals surface area contributed by atoms with Gasteiger partial charge in [-0.15, -0.1) is 11.3 Å². The molecule has 0 saturated carbocycles. The monoisotopic (exact) mass is 263 g/mol. The number of nitriles is 1. The third-order valence-electron chi connectivity index (χ3n) is 2.70. The van der Waals surface area contributed by atoms with Gasteiger partial charge >= 0.3 is 0 Å². The van der Waals surface area contributed by atoms with Gasteiger partial charge in [-0.1, -0.05) is 17.2 Å². The number of carbonyl (C=O) groups is 1. The summed E-state index contributed by atoms with van der Waals surface area (Å²) in [6.07, 6.45) is 0. The quantitative estimate of drug-likeness (QED) is 0.519. The number of allylic oxidation sites excluding steroid dienone is 4. The van der Waals surface area contributed by atoms with E-state index in [0.717, 1.165) is 16.7 Å². The molecule has 17 heavy (non-hydrogen) atoms. The number of fused-ring (bicyclic) bond motifs is 1. The largest absolute Gasteiger partial charge is 0.288 e. The molecule has 2 rings (SSSR count). The van der Waals surface area contributed by atoms with Crippen LogP contribution in [0.15, 0.2) is 22.8 Å². The topological polar surface area (TPSA) is 40.9 Å². The predicted molar refractivity (Wildman–Crippen MR) is 70.2 cm³/mol. The summed E-state index contributed by atoms with van der Waals surface area (Å²) in [6, 6.07) is 3.89. The van der Waals surface area contributed by atoms with Crippen LogP contribution in [0.2, 0.25) is 4.34 Å². The fraction of sp³-hybridized carbons (Fsp3) is 0.231. The number of ketones is 1. The van der Waals surface area contributed by atoms with Crippen LogP contribution in [0.5, 0.6) is 0 Å². The van der Waals surface area contributed by atoms with Crippen molar-refractivity contribution >= 4 is 34.3 Å². The number of halogens is 1. The van der Waals surface area contributed by atoms with E-state index in [1.54, 1.807) is 13.0 Å². The molecule has 1 aromatic heterocycles. The molecule has 0 spiro atoms. The minimum Gasteiger partial charge on any atom is -0.288 e. The molecule has 0 saturated heterocycles. The van der Waals surface area contributed by atoms with Crippen LogP contribution in [-0.4, -0.2) is 5.78 Å². The molecule has 0 fully saturated rings. The Bertz CT molecular complexity index is 624. The average molecular weight is 264 g/mol. The lowest BCUT2D eigenvalue weighted by Gasteiger charge is -2.04. The number of hydrogen-bond donors (Lipinski definition) is 0. The number of rotatable bonds is 0. The van der Waals surface area contributed by atoms with E-state index in [1.165, 1.54) is 11.3 Å². The maximum Gasteiger partial charge on any atom is 0.204 e. The molecular weight excluding hydrogens is 254 g/mol. The molecule has 0 N–H and O–H groups in total. The van der Waals surface area contributed by atoms with Gasteiger partial charge in [-0.2, -0.15) is 5.26 Å². The standard InChI is InChI=1S/C13H10ClNOS/c1-6(2)10-11(7(3)5-15)8-4-9(14)17-13(8)12(10)16/h4H,1-3H3/b11-7+. The Morgan fingerprint density at radius 3 is 2.53 bits per heavy atom. The number of nitrogens with zero attached hydrogens (tertiary/aromatic N) is 1. The summed E-state index contributed by atoms with van der Waals surface area (Å²) in [7, 11) is 0. The van der Waals surface area contributed by atoms with Crippen LogP contribution in [-0.2, 0) is 0 Å². The summed E-state index contributed by atoms with van der Waals surface area (Å²) in [4.78, 5) is 12.9. The first-order valence-corrected chi connectivity index (χ1v) is 6.30. The lowest BCUT2D eigenvalue weighted by atomic mass is 9.97. The summed E-state index contributed by atoms with van der Waals surface area (Å²) in [5.74, 6) is -0.0125. The van der Waals surface area contributed by atoms with Gasteiger partial charge in [0, 0.05) is 22.3 Å².